The van der Waals surface area contributed by atoms with Gasteiger partial charge in [-0.05, 0) is 55.7 Å². The normalized spacial score (nSPS) is 16.9. The number of hydrogen-bond donors (Lipinski definition) is 2. The first-order valence-electron chi connectivity index (χ1n) is 13.8. The maximum atomic E-state index is 11.6. The molecule has 4 heterocycles. The first kappa shape index (κ1) is 24.4. The van der Waals surface area contributed by atoms with E-state index in [-0.39, 0.29) is 5.91 Å². The van der Waals surface area contributed by atoms with Crippen LogP contribution in [0.5, 0.6) is 5.75 Å². The number of aromatic nitrogens is 1. The molecule has 1 aromatic heterocycles. The van der Waals surface area contributed by atoms with Crippen molar-refractivity contribution < 1.29 is 18.7 Å². The molecule has 1 saturated carbocycles. The number of fused-ring (bicyclic) bond motifs is 2. The molecule has 4 aliphatic rings. The molecule has 3 aliphatic heterocycles. The van der Waals surface area contributed by atoms with Crippen LogP contribution in [0.15, 0.2) is 95.5 Å². The highest BCUT2D eigenvalue weighted by Gasteiger charge is 2.46. The highest BCUT2D eigenvalue weighted by Crippen LogP contribution is 2.41. The number of nitrogens with one attached hydrogen (secondary N) is 2. The molecule has 197 valence electrons. The summed E-state index contributed by atoms with van der Waals surface area (Å²) in [4.78, 5) is 11.6. The summed E-state index contributed by atoms with van der Waals surface area (Å²) >= 11 is 0. The summed E-state index contributed by atoms with van der Waals surface area (Å²) in [6, 6.07) is 20.4. The quantitative estimate of drug-likeness (QED) is 0.306. The van der Waals surface area contributed by atoms with Crippen LogP contribution in [0.4, 0.5) is 11.5 Å². The number of azo groups is 2. The Morgan fingerprint density at radius 2 is 1.90 bits per heavy atom. The zero-order chi connectivity index (χ0) is 27.2. The van der Waals surface area contributed by atoms with Gasteiger partial charge in [0.25, 0.3) is 0 Å². The van der Waals surface area contributed by atoms with Crippen molar-refractivity contribution in [1.82, 2.24) is 4.48 Å². The van der Waals surface area contributed by atoms with Crippen LogP contribution in [0.3, 0.4) is 0 Å². The van der Waals surface area contributed by atoms with Crippen molar-refractivity contribution in [3.8, 4) is 5.75 Å². The number of carbonyl (C=O) groups is 1. The van der Waals surface area contributed by atoms with Crippen molar-refractivity contribution in [3.63, 3.8) is 0 Å². The Balaban J connectivity index is 1.26. The number of nitrogens with zero attached hydrogens (tertiary/aromatic N) is 4. The summed E-state index contributed by atoms with van der Waals surface area (Å²) < 4.78 is 12.2. The molecule has 0 spiro atoms. The number of allylic oxidation sites excluding steroid dienone is 2. The Morgan fingerprint density at radius 3 is 2.65 bits per heavy atom. The molecular formula is C31H30BN6O2+2. The number of benzene rings is 2. The third-order valence-electron chi connectivity index (χ3n) is 7.49. The van der Waals surface area contributed by atoms with E-state index < -0.39 is 0 Å². The van der Waals surface area contributed by atoms with Crippen LogP contribution in [0.1, 0.15) is 43.5 Å². The molecular weight excluding hydrogens is 499 g/mol. The summed E-state index contributed by atoms with van der Waals surface area (Å²) in [6.07, 6.45) is 8.91. The standard InChI is InChI=1S/C31H29BN6O2/c1-3-40-28-7-5-4-6-23(28)18-33-29-16-14-26-31(22-10-12-24(13-11-22)34-20(2)39)27-15-17-30(38(27)32-37(26)29)36-19-25(35-36)21-8-9-21/h4-7,10-17,19,21H,3,8-9,18H2,1-2H3,(H-,33,34,35,39)/q+1/p+1. The predicted octanol–water partition coefficient (Wildman–Crippen LogP) is 5.32. The van der Waals surface area contributed by atoms with Gasteiger partial charge < -0.3 is 19.8 Å². The minimum Gasteiger partial charge on any atom is -0.494 e. The van der Waals surface area contributed by atoms with Gasteiger partial charge in [0.05, 0.1) is 24.1 Å². The number of amidine groups is 1. The van der Waals surface area contributed by atoms with Gasteiger partial charge >= 0.3 is 13.4 Å². The smallest absolute Gasteiger partial charge is 0.494 e. The number of anilines is 2. The summed E-state index contributed by atoms with van der Waals surface area (Å²) in [7, 11) is 2.13. The second-order valence-corrected chi connectivity index (χ2v) is 10.3. The Morgan fingerprint density at radius 1 is 1.10 bits per heavy atom. The van der Waals surface area contributed by atoms with Gasteiger partial charge in [0, 0.05) is 52.2 Å². The largest absolute Gasteiger partial charge is 0.706 e. The molecule has 1 radical (unpaired) electrons. The van der Waals surface area contributed by atoms with E-state index in [0.29, 0.717) is 19.1 Å². The summed E-state index contributed by atoms with van der Waals surface area (Å²) in [5.41, 5.74) is 7.42. The first-order valence-corrected chi connectivity index (χ1v) is 13.8. The lowest BCUT2D eigenvalue weighted by Crippen LogP contribution is -2.36. The van der Waals surface area contributed by atoms with Crippen molar-refractivity contribution in [2.45, 2.75) is 33.2 Å². The van der Waals surface area contributed by atoms with Crippen LogP contribution in [-0.2, 0) is 11.3 Å². The monoisotopic (exact) mass is 529 g/mol. The van der Waals surface area contributed by atoms with Crippen LogP contribution in [0.2, 0.25) is 0 Å². The Bertz CT molecular complexity index is 1690. The van der Waals surface area contributed by atoms with Gasteiger partial charge in [-0.1, -0.05) is 30.3 Å². The van der Waals surface area contributed by atoms with E-state index in [1.165, 1.54) is 25.5 Å². The minimum atomic E-state index is -0.0846. The van der Waals surface area contributed by atoms with Crippen LogP contribution in [-0.4, -0.2) is 39.6 Å². The molecule has 2 aromatic carbocycles. The van der Waals surface area contributed by atoms with Gasteiger partial charge in [-0.2, -0.15) is 4.49 Å². The molecule has 7 rings (SSSR count). The fraction of sp³-hybridized carbons (Fsp3) is 0.226. The molecule has 0 saturated heterocycles. The zero-order valence-corrected chi connectivity index (χ0v) is 22.6. The molecule has 3 aromatic rings. The molecule has 0 bridgehead atoms. The third kappa shape index (κ3) is 4.37. The summed E-state index contributed by atoms with van der Waals surface area (Å²) in [6.45, 7) is 4.78. The third-order valence-corrected chi connectivity index (χ3v) is 7.49. The van der Waals surface area contributed by atoms with Crippen molar-refractivity contribution in [2.75, 3.05) is 17.2 Å². The molecule has 0 atom stereocenters. The second-order valence-electron chi connectivity index (χ2n) is 10.3. The average molecular weight is 529 g/mol. The molecule has 1 amide bonds. The van der Waals surface area contributed by atoms with Gasteiger partial charge in [-0.15, -0.1) is 0 Å². The summed E-state index contributed by atoms with van der Waals surface area (Å²) in [5, 5.41) is 11.3. The van der Waals surface area contributed by atoms with E-state index >= 15 is 0 Å². The van der Waals surface area contributed by atoms with Crippen molar-refractivity contribution >= 4 is 36.4 Å². The van der Waals surface area contributed by atoms with Crippen LogP contribution < -0.4 is 15.4 Å². The van der Waals surface area contributed by atoms with Crippen molar-refractivity contribution in [3.05, 3.63) is 107 Å². The number of carbonyl (C=O) groups excluding carboxylic acids is 1. The highest BCUT2D eigenvalue weighted by molar-refractivity contribution is 6.29. The van der Waals surface area contributed by atoms with Crippen molar-refractivity contribution in [2.24, 2.45) is 11.0 Å². The van der Waals surface area contributed by atoms with Crippen LogP contribution in [0, 0.1) is 5.92 Å². The number of ether oxygens (including phenoxy) is 1. The second kappa shape index (κ2) is 9.82. The minimum absolute atomic E-state index is 0.0846. The molecule has 0 unspecified atom stereocenters. The maximum absolute atomic E-state index is 11.6. The lowest BCUT2D eigenvalue weighted by atomic mass is 9.92. The van der Waals surface area contributed by atoms with Gasteiger partial charge in [0.15, 0.2) is 11.4 Å². The Hall–Kier alpha value is -4.66. The summed E-state index contributed by atoms with van der Waals surface area (Å²) in [5.74, 6) is 3.42. The SMILES string of the molecule is CCOc1ccccc1CNc1ccc2n1[B][N+]1=C([N+]3=NC(C4CC4)=C3)C=CC1=C2c1ccc(NC(C)=O)cc1. The van der Waals surface area contributed by atoms with E-state index in [1.807, 2.05) is 42.0 Å². The van der Waals surface area contributed by atoms with E-state index in [4.69, 9.17) is 9.85 Å². The van der Waals surface area contributed by atoms with Crippen molar-refractivity contribution in [1.29, 1.82) is 0 Å². The van der Waals surface area contributed by atoms with E-state index in [9.17, 15) is 4.79 Å². The topological polar surface area (TPSA) is 73.7 Å². The number of rotatable bonds is 8. The lowest BCUT2D eigenvalue weighted by Gasteiger charge is -2.19. The Labute approximate surface area is 234 Å². The number of para-hydroxylation sites is 1. The lowest BCUT2D eigenvalue weighted by molar-refractivity contribution is -0.490. The predicted molar refractivity (Wildman–Crippen MR) is 155 cm³/mol. The zero-order valence-electron chi connectivity index (χ0n) is 22.6. The molecule has 40 heavy (non-hydrogen) atoms. The molecule has 8 nitrogen and oxygen atoms in total. The molecule has 1 fully saturated rings. The van der Waals surface area contributed by atoms with Crippen LogP contribution in [0.25, 0.3) is 5.57 Å². The molecule has 9 heteroatoms. The van der Waals surface area contributed by atoms with Gasteiger partial charge in [0.2, 0.25) is 12.1 Å². The van der Waals surface area contributed by atoms with Gasteiger partial charge in [0.1, 0.15) is 5.75 Å². The average Bonchev–Trinajstić information content (AvgIpc) is 3.55. The molecule has 2 N–H and O–H groups in total. The Kier molecular flexibility index (Phi) is 5.99. The maximum Gasteiger partial charge on any atom is 0.706 e. The number of amides is 1. The number of hydrogen-bond acceptors (Lipinski definition) is 4. The van der Waals surface area contributed by atoms with E-state index in [0.717, 1.165) is 51.2 Å². The van der Waals surface area contributed by atoms with Gasteiger partial charge in [-0.25, -0.2) is 0 Å². The fourth-order valence-corrected chi connectivity index (χ4v) is 5.40. The molecule has 1 aliphatic carbocycles. The van der Waals surface area contributed by atoms with Gasteiger partial charge in [-0.3, -0.25) is 4.79 Å². The van der Waals surface area contributed by atoms with E-state index in [1.54, 1.807) is 0 Å². The van der Waals surface area contributed by atoms with E-state index in [2.05, 4.69) is 75.8 Å². The highest BCUT2D eigenvalue weighted by atomic mass is 16.5. The first-order chi connectivity index (χ1) is 19.6. The van der Waals surface area contributed by atoms with Crippen LogP contribution >= 0.6 is 0 Å². The fourth-order valence-electron chi connectivity index (χ4n) is 5.40.